The average molecular weight is 450 g/mol. The predicted molar refractivity (Wildman–Crippen MR) is 114 cm³/mol. The number of halogens is 3. The third-order valence-corrected chi connectivity index (χ3v) is 4.16. The number of rotatable bonds is 11. The van der Waals surface area contributed by atoms with Crippen LogP contribution in [0.25, 0.3) is 6.08 Å². The Kier molecular flexibility index (Phi) is 9.78. The van der Waals surface area contributed by atoms with E-state index in [2.05, 4.69) is 0 Å². The van der Waals surface area contributed by atoms with Crippen molar-refractivity contribution in [3.63, 3.8) is 0 Å². The van der Waals surface area contributed by atoms with E-state index in [9.17, 15) is 22.8 Å². The van der Waals surface area contributed by atoms with Crippen molar-refractivity contribution in [1.82, 2.24) is 0 Å². The first-order valence-corrected chi connectivity index (χ1v) is 10.2. The Labute approximate surface area is 184 Å². The standard InChI is InChI=1S/C24H25F3O5/c1-2-16-31-22(28)14-7-18-5-10-21(11-6-18)32-23(29)19-8-12-20(13-9-19)30-17-4-3-15-24(25,26)27/h5-14H,2-4,15-17H2,1H3. The summed E-state index contributed by atoms with van der Waals surface area (Å²) in [6, 6.07) is 12.8. The van der Waals surface area contributed by atoms with Gasteiger partial charge in [0.05, 0.1) is 18.8 Å². The van der Waals surface area contributed by atoms with Crippen molar-refractivity contribution in [2.45, 2.75) is 38.8 Å². The fraction of sp³-hybridized carbons (Fsp3) is 0.333. The van der Waals surface area contributed by atoms with Crippen LogP contribution in [0.3, 0.4) is 0 Å². The van der Waals surface area contributed by atoms with Gasteiger partial charge in [-0.25, -0.2) is 9.59 Å². The predicted octanol–water partition coefficient (Wildman–Crippen LogP) is 5.98. The Balaban J connectivity index is 1.79. The molecule has 0 fully saturated rings. The highest BCUT2D eigenvalue weighted by Crippen LogP contribution is 2.22. The van der Waals surface area contributed by atoms with E-state index in [1.165, 1.54) is 18.2 Å². The zero-order chi connectivity index (χ0) is 23.4. The molecule has 172 valence electrons. The maximum Gasteiger partial charge on any atom is 0.389 e. The molecule has 0 N–H and O–H groups in total. The molecule has 0 amide bonds. The molecule has 0 saturated heterocycles. The molecule has 5 nitrogen and oxygen atoms in total. The van der Waals surface area contributed by atoms with Gasteiger partial charge in [-0.2, -0.15) is 13.2 Å². The van der Waals surface area contributed by atoms with Gasteiger partial charge in [-0.1, -0.05) is 19.1 Å². The minimum absolute atomic E-state index is 0.00539. The van der Waals surface area contributed by atoms with Crippen LogP contribution in [-0.2, 0) is 9.53 Å². The molecule has 0 bridgehead atoms. The first-order chi connectivity index (χ1) is 15.3. The summed E-state index contributed by atoms with van der Waals surface area (Å²) in [5.41, 5.74) is 1.05. The van der Waals surface area contributed by atoms with Crippen molar-refractivity contribution in [3.8, 4) is 11.5 Å². The lowest BCUT2D eigenvalue weighted by Crippen LogP contribution is -2.09. The Morgan fingerprint density at radius 1 is 0.906 bits per heavy atom. The quantitative estimate of drug-likeness (QED) is 0.182. The minimum Gasteiger partial charge on any atom is -0.494 e. The van der Waals surface area contributed by atoms with E-state index in [1.54, 1.807) is 42.5 Å². The Bertz CT molecular complexity index is 887. The third kappa shape index (κ3) is 9.68. The normalized spacial score (nSPS) is 11.4. The van der Waals surface area contributed by atoms with Gasteiger partial charge < -0.3 is 14.2 Å². The van der Waals surface area contributed by atoms with Gasteiger partial charge in [0.15, 0.2) is 0 Å². The SMILES string of the molecule is CCCOC(=O)C=Cc1ccc(OC(=O)c2ccc(OCCCCC(F)(F)F)cc2)cc1. The molecule has 0 aliphatic heterocycles. The third-order valence-electron chi connectivity index (χ3n) is 4.16. The van der Waals surface area contributed by atoms with Crippen LogP contribution in [0, 0.1) is 0 Å². The number of esters is 2. The van der Waals surface area contributed by atoms with Gasteiger partial charge in [-0.05, 0) is 67.3 Å². The maximum absolute atomic E-state index is 12.3. The van der Waals surface area contributed by atoms with Crippen LogP contribution in [0.15, 0.2) is 54.6 Å². The summed E-state index contributed by atoms with van der Waals surface area (Å²) in [7, 11) is 0. The number of alkyl halides is 3. The topological polar surface area (TPSA) is 61.8 Å². The largest absolute Gasteiger partial charge is 0.494 e. The van der Waals surface area contributed by atoms with Crippen LogP contribution in [0.1, 0.15) is 48.5 Å². The molecule has 0 radical (unpaired) electrons. The molecule has 0 atom stereocenters. The number of hydrogen-bond acceptors (Lipinski definition) is 5. The number of carbonyl (C=O) groups excluding carboxylic acids is 2. The van der Waals surface area contributed by atoms with Gasteiger partial charge in [-0.3, -0.25) is 0 Å². The molecule has 0 saturated carbocycles. The second-order valence-electron chi connectivity index (χ2n) is 6.90. The van der Waals surface area contributed by atoms with E-state index in [0.29, 0.717) is 23.7 Å². The second kappa shape index (κ2) is 12.5. The molecule has 0 unspecified atom stereocenters. The molecule has 2 rings (SSSR count). The number of carbonyl (C=O) groups is 2. The first kappa shape index (κ1) is 25.0. The van der Waals surface area contributed by atoms with Crippen LogP contribution in [0.5, 0.6) is 11.5 Å². The van der Waals surface area contributed by atoms with Gasteiger partial charge in [0.25, 0.3) is 0 Å². The second-order valence-corrected chi connectivity index (χ2v) is 6.90. The van der Waals surface area contributed by atoms with E-state index in [0.717, 1.165) is 12.0 Å². The van der Waals surface area contributed by atoms with Gasteiger partial charge in [-0.15, -0.1) is 0 Å². The molecule has 0 heterocycles. The molecule has 2 aromatic rings. The van der Waals surface area contributed by atoms with Crippen molar-refractivity contribution in [3.05, 3.63) is 65.7 Å². The fourth-order valence-electron chi connectivity index (χ4n) is 2.53. The van der Waals surface area contributed by atoms with Crippen molar-refractivity contribution >= 4 is 18.0 Å². The van der Waals surface area contributed by atoms with Crippen LogP contribution in [0.4, 0.5) is 13.2 Å². The van der Waals surface area contributed by atoms with Crippen molar-refractivity contribution in [2.24, 2.45) is 0 Å². The monoisotopic (exact) mass is 450 g/mol. The molecule has 8 heteroatoms. The summed E-state index contributed by atoms with van der Waals surface area (Å²) in [6.45, 7) is 2.44. The molecule has 0 aromatic heterocycles. The van der Waals surface area contributed by atoms with Crippen LogP contribution < -0.4 is 9.47 Å². The molecule has 0 aliphatic rings. The summed E-state index contributed by atoms with van der Waals surface area (Å²) in [4.78, 5) is 23.7. The van der Waals surface area contributed by atoms with E-state index in [4.69, 9.17) is 14.2 Å². The van der Waals surface area contributed by atoms with E-state index >= 15 is 0 Å². The Morgan fingerprint density at radius 2 is 1.56 bits per heavy atom. The van der Waals surface area contributed by atoms with Crippen molar-refractivity contribution < 1.29 is 37.0 Å². The highest BCUT2D eigenvalue weighted by molar-refractivity contribution is 5.91. The summed E-state index contributed by atoms with van der Waals surface area (Å²) in [5, 5.41) is 0. The highest BCUT2D eigenvalue weighted by atomic mass is 19.4. The minimum atomic E-state index is -4.15. The summed E-state index contributed by atoms with van der Waals surface area (Å²) < 4.78 is 51.9. The van der Waals surface area contributed by atoms with E-state index < -0.39 is 24.5 Å². The van der Waals surface area contributed by atoms with Gasteiger partial charge >= 0.3 is 18.1 Å². The van der Waals surface area contributed by atoms with Crippen LogP contribution in [-0.4, -0.2) is 31.3 Å². The fourth-order valence-corrected chi connectivity index (χ4v) is 2.53. The first-order valence-electron chi connectivity index (χ1n) is 10.2. The van der Waals surface area contributed by atoms with Gasteiger partial charge in [0.1, 0.15) is 11.5 Å². The van der Waals surface area contributed by atoms with E-state index in [-0.39, 0.29) is 19.4 Å². The number of benzene rings is 2. The van der Waals surface area contributed by atoms with Gasteiger partial charge in [0.2, 0.25) is 0 Å². The van der Waals surface area contributed by atoms with Crippen molar-refractivity contribution in [1.29, 1.82) is 0 Å². The summed E-state index contributed by atoms with van der Waals surface area (Å²) in [6.07, 6.45) is -1.01. The summed E-state index contributed by atoms with van der Waals surface area (Å²) >= 11 is 0. The average Bonchev–Trinajstić information content (AvgIpc) is 2.76. The molecule has 0 aliphatic carbocycles. The lowest BCUT2D eigenvalue weighted by atomic mass is 10.2. The Morgan fingerprint density at radius 3 is 2.19 bits per heavy atom. The highest BCUT2D eigenvalue weighted by Gasteiger charge is 2.25. The molecular weight excluding hydrogens is 425 g/mol. The lowest BCUT2D eigenvalue weighted by Gasteiger charge is -2.09. The molecular formula is C24H25F3O5. The Hall–Kier alpha value is -3.29. The zero-order valence-electron chi connectivity index (χ0n) is 17.7. The van der Waals surface area contributed by atoms with Crippen molar-refractivity contribution in [2.75, 3.05) is 13.2 Å². The van der Waals surface area contributed by atoms with Crippen LogP contribution in [0.2, 0.25) is 0 Å². The lowest BCUT2D eigenvalue weighted by molar-refractivity contribution is -0.138. The number of ether oxygens (including phenoxy) is 3. The van der Waals surface area contributed by atoms with Gasteiger partial charge in [0, 0.05) is 12.5 Å². The molecule has 2 aromatic carbocycles. The number of hydrogen-bond donors (Lipinski definition) is 0. The molecule has 0 spiro atoms. The smallest absolute Gasteiger partial charge is 0.389 e. The zero-order valence-corrected chi connectivity index (χ0v) is 17.7. The number of unbranched alkanes of at least 4 members (excludes halogenated alkanes) is 1. The van der Waals surface area contributed by atoms with Crippen LogP contribution >= 0.6 is 0 Å². The summed E-state index contributed by atoms with van der Waals surface area (Å²) in [5.74, 6) is -0.183. The van der Waals surface area contributed by atoms with E-state index in [1.807, 2.05) is 6.92 Å². The maximum atomic E-state index is 12.3. The molecule has 32 heavy (non-hydrogen) atoms.